The molecule has 0 aliphatic heterocycles. The van der Waals surface area contributed by atoms with E-state index >= 15 is 0 Å². The Balaban J connectivity index is 2.94. The highest BCUT2D eigenvalue weighted by Crippen LogP contribution is 2.29. The van der Waals surface area contributed by atoms with Crippen molar-refractivity contribution in [2.45, 2.75) is 44.2 Å². The zero-order valence-electron chi connectivity index (χ0n) is 10.7. The molecule has 0 aromatic heterocycles. The fourth-order valence-electron chi connectivity index (χ4n) is 1.93. The summed E-state index contributed by atoms with van der Waals surface area (Å²) >= 11 is 7.05. The van der Waals surface area contributed by atoms with E-state index in [2.05, 4.69) is 70.8 Å². The summed E-state index contributed by atoms with van der Waals surface area (Å²) in [6.07, 6.45) is 0. The first-order chi connectivity index (χ1) is 8.10. The number of hydrogen-bond donors (Lipinski definition) is 0. The molecule has 0 atom stereocenters. The molecule has 0 heterocycles. The highest BCUT2D eigenvalue weighted by molar-refractivity contribution is 9.10. The van der Waals surface area contributed by atoms with Crippen LogP contribution in [0.3, 0.4) is 0 Å². The fourth-order valence-corrected chi connectivity index (χ4v) is 5.72. The first-order valence-corrected chi connectivity index (χ1v) is 10.6. The van der Waals surface area contributed by atoms with E-state index in [0.717, 1.165) is 15.6 Å². The van der Waals surface area contributed by atoms with E-state index in [1.807, 2.05) is 0 Å². The Kier molecular flexibility index (Phi) is 6.24. The van der Waals surface area contributed by atoms with Crippen LogP contribution in [0.15, 0.2) is 22.7 Å². The van der Waals surface area contributed by atoms with Crippen molar-refractivity contribution in [3.8, 4) is 5.75 Å². The van der Waals surface area contributed by atoms with Crippen LogP contribution in [0.1, 0.15) is 26.3 Å². The molecule has 0 amide bonds. The number of benzene rings is 1. The molecule has 0 saturated carbocycles. The quantitative estimate of drug-likeness (QED) is 0.453. The summed E-state index contributed by atoms with van der Waals surface area (Å²) in [6, 6.07) is 9.83. The maximum absolute atomic E-state index is 6.34. The van der Waals surface area contributed by atoms with Crippen LogP contribution >= 0.6 is 31.9 Å². The summed E-state index contributed by atoms with van der Waals surface area (Å²) in [5.74, 6) is 1.03. The Bertz CT molecular complexity index is 356. The van der Waals surface area contributed by atoms with Gasteiger partial charge in [-0.1, -0.05) is 52.6 Å². The van der Waals surface area contributed by atoms with Gasteiger partial charge in [0.15, 0.2) is 0 Å². The molecule has 0 fully saturated rings. The number of hydrogen-bond acceptors (Lipinski definition) is 1. The highest BCUT2D eigenvalue weighted by atomic mass is 79.9. The normalized spacial score (nSPS) is 11.6. The van der Waals surface area contributed by atoms with E-state index in [9.17, 15) is 0 Å². The van der Waals surface area contributed by atoms with Gasteiger partial charge in [0.25, 0.3) is 0 Å². The second kappa shape index (κ2) is 6.95. The Hall–Kier alpha value is 0.197. The van der Waals surface area contributed by atoms with E-state index < -0.39 is 8.32 Å². The summed E-state index contributed by atoms with van der Waals surface area (Å²) in [5.41, 5.74) is 1.24. The van der Waals surface area contributed by atoms with Gasteiger partial charge in [0.05, 0.1) is 0 Å². The molecule has 0 spiro atoms. The van der Waals surface area contributed by atoms with Crippen LogP contribution in [0, 0.1) is 0 Å². The van der Waals surface area contributed by atoms with Crippen molar-refractivity contribution in [2.24, 2.45) is 0 Å². The maximum Gasteiger partial charge on any atom is 0.250 e. The Labute approximate surface area is 122 Å². The molecule has 1 nitrogen and oxygen atoms in total. The molecule has 0 radical (unpaired) electrons. The molecule has 0 bridgehead atoms. The molecular weight excluding hydrogens is 360 g/mol. The Morgan fingerprint density at radius 2 is 1.71 bits per heavy atom. The summed E-state index contributed by atoms with van der Waals surface area (Å²) in [5, 5.41) is 0.851. The van der Waals surface area contributed by atoms with E-state index in [0.29, 0.717) is 0 Å². The number of halogens is 2. The minimum atomic E-state index is -1.54. The third-order valence-electron chi connectivity index (χ3n) is 3.43. The molecule has 0 aliphatic carbocycles. The SMILES string of the molecule is CC[Si](CC)(CC)Oc1ccc(Br)c(CBr)c1. The van der Waals surface area contributed by atoms with Gasteiger partial charge in [0.2, 0.25) is 8.32 Å². The summed E-state index contributed by atoms with van der Waals surface area (Å²) < 4.78 is 7.48. The van der Waals surface area contributed by atoms with Gasteiger partial charge >= 0.3 is 0 Å². The van der Waals surface area contributed by atoms with Crippen LogP contribution in [0.5, 0.6) is 5.75 Å². The first kappa shape index (κ1) is 15.3. The van der Waals surface area contributed by atoms with Crippen LogP contribution in [0.25, 0.3) is 0 Å². The predicted molar refractivity (Wildman–Crippen MR) is 84.6 cm³/mol. The summed E-state index contributed by atoms with van der Waals surface area (Å²) in [4.78, 5) is 0. The third-order valence-corrected chi connectivity index (χ3v) is 9.34. The van der Waals surface area contributed by atoms with Crippen LogP contribution in [0.2, 0.25) is 18.1 Å². The van der Waals surface area contributed by atoms with Crippen LogP contribution in [-0.4, -0.2) is 8.32 Å². The molecule has 0 N–H and O–H groups in total. The molecule has 1 aromatic rings. The standard InChI is InChI=1S/C13H20Br2OSi/c1-4-17(5-2,6-3)16-12-7-8-13(15)11(9-12)10-14/h7-9H,4-6,10H2,1-3H3. The van der Waals surface area contributed by atoms with Gasteiger partial charge in [-0.15, -0.1) is 0 Å². The van der Waals surface area contributed by atoms with Crippen molar-refractivity contribution in [3.05, 3.63) is 28.2 Å². The van der Waals surface area contributed by atoms with E-state index in [1.54, 1.807) is 0 Å². The number of alkyl halides is 1. The van der Waals surface area contributed by atoms with Crippen molar-refractivity contribution in [1.82, 2.24) is 0 Å². The molecule has 17 heavy (non-hydrogen) atoms. The van der Waals surface area contributed by atoms with Gasteiger partial charge in [0, 0.05) is 9.80 Å². The molecule has 1 aromatic carbocycles. The predicted octanol–water partition coefficient (Wildman–Crippen LogP) is 5.73. The van der Waals surface area contributed by atoms with Gasteiger partial charge < -0.3 is 4.43 Å². The Morgan fingerprint density at radius 3 is 2.18 bits per heavy atom. The lowest BCUT2D eigenvalue weighted by molar-refractivity contribution is 0.531. The van der Waals surface area contributed by atoms with Gasteiger partial charge in [-0.25, -0.2) is 0 Å². The Morgan fingerprint density at radius 1 is 1.12 bits per heavy atom. The second-order valence-electron chi connectivity index (χ2n) is 4.23. The van der Waals surface area contributed by atoms with Crippen molar-refractivity contribution in [2.75, 3.05) is 0 Å². The lowest BCUT2D eigenvalue weighted by Crippen LogP contribution is -2.39. The fraction of sp³-hybridized carbons (Fsp3) is 0.538. The summed E-state index contributed by atoms with van der Waals surface area (Å²) in [7, 11) is -1.54. The average Bonchev–Trinajstić information content (AvgIpc) is 2.38. The second-order valence-corrected chi connectivity index (χ2v) is 10.3. The van der Waals surface area contributed by atoms with Crippen LogP contribution in [-0.2, 0) is 5.33 Å². The van der Waals surface area contributed by atoms with Gasteiger partial charge in [0.1, 0.15) is 5.75 Å². The molecule has 0 unspecified atom stereocenters. The zero-order chi connectivity index (χ0) is 12.9. The molecule has 4 heteroatoms. The average molecular weight is 380 g/mol. The molecular formula is C13H20Br2OSi. The van der Waals surface area contributed by atoms with E-state index in [4.69, 9.17) is 4.43 Å². The van der Waals surface area contributed by atoms with E-state index in [-0.39, 0.29) is 0 Å². The summed E-state index contributed by atoms with van der Waals surface area (Å²) in [6.45, 7) is 6.76. The number of rotatable bonds is 6. The third kappa shape index (κ3) is 3.83. The monoisotopic (exact) mass is 378 g/mol. The smallest absolute Gasteiger partial charge is 0.250 e. The zero-order valence-corrected chi connectivity index (χ0v) is 14.9. The van der Waals surface area contributed by atoms with Gasteiger partial charge in [-0.3, -0.25) is 0 Å². The van der Waals surface area contributed by atoms with Crippen LogP contribution in [0.4, 0.5) is 0 Å². The van der Waals surface area contributed by atoms with E-state index in [1.165, 1.54) is 23.7 Å². The lowest BCUT2D eigenvalue weighted by Gasteiger charge is -2.29. The van der Waals surface area contributed by atoms with Crippen LogP contribution < -0.4 is 4.43 Å². The van der Waals surface area contributed by atoms with Crippen molar-refractivity contribution in [3.63, 3.8) is 0 Å². The highest BCUT2D eigenvalue weighted by Gasteiger charge is 2.30. The topological polar surface area (TPSA) is 9.23 Å². The first-order valence-electron chi connectivity index (χ1n) is 6.14. The largest absolute Gasteiger partial charge is 0.543 e. The van der Waals surface area contributed by atoms with Gasteiger partial charge in [-0.2, -0.15) is 0 Å². The van der Waals surface area contributed by atoms with Crippen molar-refractivity contribution in [1.29, 1.82) is 0 Å². The molecule has 1 rings (SSSR count). The molecule has 0 saturated heterocycles. The maximum atomic E-state index is 6.34. The minimum absolute atomic E-state index is 0.851. The van der Waals surface area contributed by atoms with Crippen molar-refractivity contribution >= 4 is 40.2 Å². The van der Waals surface area contributed by atoms with Gasteiger partial charge in [-0.05, 0) is 41.9 Å². The minimum Gasteiger partial charge on any atom is -0.543 e. The van der Waals surface area contributed by atoms with Crippen molar-refractivity contribution < 1.29 is 4.43 Å². The lowest BCUT2D eigenvalue weighted by atomic mass is 10.2. The molecule has 0 aliphatic rings. The molecule has 96 valence electrons.